The maximum absolute atomic E-state index is 13.0. The van der Waals surface area contributed by atoms with Gasteiger partial charge >= 0.3 is 12.1 Å². The number of benzene rings is 2. The average molecular weight is 403 g/mol. The lowest BCUT2D eigenvalue weighted by molar-refractivity contribution is -0.139. The van der Waals surface area contributed by atoms with Crippen LogP contribution in [-0.2, 0) is 22.4 Å². The van der Waals surface area contributed by atoms with Gasteiger partial charge in [-0.1, -0.05) is 12.1 Å². The summed E-state index contributed by atoms with van der Waals surface area (Å²) in [5, 5.41) is 11.4. The van der Waals surface area contributed by atoms with Crippen LogP contribution < -0.4 is 5.32 Å². The number of hydrogen-bond acceptors (Lipinski definition) is 3. The molecular formula is C22H23F2NO4. The van der Waals surface area contributed by atoms with Gasteiger partial charge in [-0.25, -0.2) is 13.6 Å². The molecule has 4 rings (SSSR count). The molecule has 154 valence electrons. The normalized spacial score (nSPS) is 18.7. The van der Waals surface area contributed by atoms with Crippen LogP contribution in [0.25, 0.3) is 0 Å². The van der Waals surface area contributed by atoms with Crippen molar-refractivity contribution >= 4 is 12.1 Å². The number of carbonyl (C=O) groups excluding carboxylic acids is 1. The van der Waals surface area contributed by atoms with Crippen LogP contribution >= 0.6 is 0 Å². The van der Waals surface area contributed by atoms with Crippen LogP contribution in [0.2, 0.25) is 0 Å². The zero-order valence-electron chi connectivity index (χ0n) is 16.5. The van der Waals surface area contributed by atoms with Gasteiger partial charge in [-0.05, 0) is 80.1 Å². The average Bonchev–Trinajstić information content (AvgIpc) is 2.56. The molecule has 2 unspecified atom stereocenters. The molecule has 29 heavy (non-hydrogen) atoms. The smallest absolute Gasteiger partial charge is 0.408 e. The molecule has 0 saturated heterocycles. The van der Waals surface area contributed by atoms with Gasteiger partial charge in [-0.2, -0.15) is 0 Å². The van der Waals surface area contributed by atoms with E-state index in [-0.39, 0.29) is 17.7 Å². The van der Waals surface area contributed by atoms with Gasteiger partial charge in [0.1, 0.15) is 17.2 Å². The van der Waals surface area contributed by atoms with E-state index in [1.54, 1.807) is 32.9 Å². The number of fused-ring (bicyclic) bond motifs is 2. The van der Waals surface area contributed by atoms with Gasteiger partial charge in [0, 0.05) is 0 Å². The summed E-state index contributed by atoms with van der Waals surface area (Å²) in [5.74, 6) is -2.00. The van der Waals surface area contributed by atoms with Crippen molar-refractivity contribution in [3.63, 3.8) is 0 Å². The van der Waals surface area contributed by atoms with E-state index in [1.165, 1.54) is 24.3 Å². The largest absolute Gasteiger partial charge is 0.481 e. The van der Waals surface area contributed by atoms with Crippen molar-refractivity contribution in [3.8, 4) is 0 Å². The van der Waals surface area contributed by atoms with Gasteiger partial charge in [0.25, 0.3) is 0 Å². The number of carboxylic acids is 1. The molecule has 5 nitrogen and oxygen atoms in total. The lowest BCUT2D eigenvalue weighted by Crippen LogP contribution is -2.39. The van der Waals surface area contributed by atoms with Crippen LogP contribution in [0.1, 0.15) is 55.0 Å². The van der Waals surface area contributed by atoms with Crippen molar-refractivity contribution in [1.82, 2.24) is 5.32 Å². The Bertz CT molecular complexity index is 952. The first-order valence-corrected chi connectivity index (χ1v) is 9.32. The minimum atomic E-state index is -0.867. The Balaban J connectivity index is 0.000000176. The van der Waals surface area contributed by atoms with Crippen LogP contribution in [0.5, 0.6) is 0 Å². The molecule has 0 aliphatic heterocycles. The maximum atomic E-state index is 13.0. The van der Waals surface area contributed by atoms with Crippen LogP contribution in [0.15, 0.2) is 36.4 Å². The van der Waals surface area contributed by atoms with Crippen LogP contribution in [0.4, 0.5) is 13.6 Å². The third-order valence-corrected chi connectivity index (χ3v) is 4.80. The molecule has 0 spiro atoms. The highest BCUT2D eigenvalue weighted by molar-refractivity contribution is 5.80. The van der Waals surface area contributed by atoms with E-state index < -0.39 is 23.6 Å². The first-order valence-electron chi connectivity index (χ1n) is 9.32. The Morgan fingerprint density at radius 3 is 2.10 bits per heavy atom. The quantitative estimate of drug-likeness (QED) is 0.774. The summed E-state index contributed by atoms with van der Waals surface area (Å²) in [6.07, 6.45) is 0.803. The standard InChI is InChI=1S/C13H16FNO2.C9H7FO2/c1-13(2,3)17-12(16)15-11-6-8-4-5-9(14)7-10(8)11;10-6-2-1-5-3-8(9(11)12)7(5)4-6/h4-5,7,11H,6H2,1-3H3,(H,15,16);1-2,4,8H,3H2,(H,11,12). The minimum absolute atomic E-state index is 0.129. The van der Waals surface area contributed by atoms with E-state index in [2.05, 4.69) is 5.32 Å². The van der Waals surface area contributed by atoms with Crippen LogP contribution in [-0.4, -0.2) is 22.8 Å². The number of carboxylic acid groups (broad SMARTS) is 1. The summed E-state index contributed by atoms with van der Waals surface area (Å²) in [4.78, 5) is 22.1. The lowest BCUT2D eigenvalue weighted by atomic mass is 9.78. The summed E-state index contributed by atoms with van der Waals surface area (Å²) in [5.41, 5.74) is 2.98. The Morgan fingerprint density at radius 2 is 1.55 bits per heavy atom. The Morgan fingerprint density at radius 1 is 1.00 bits per heavy atom. The topological polar surface area (TPSA) is 75.6 Å². The second kappa shape index (κ2) is 7.81. The number of hydrogen-bond donors (Lipinski definition) is 2. The van der Waals surface area contributed by atoms with E-state index in [9.17, 15) is 18.4 Å². The molecule has 2 N–H and O–H groups in total. The Hall–Kier alpha value is -2.96. The molecule has 0 radical (unpaired) electrons. The number of halogens is 2. The first kappa shape index (κ1) is 20.8. The van der Waals surface area contributed by atoms with Gasteiger partial charge in [-0.3, -0.25) is 4.79 Å². The number of rotatable bonds is 2. The highest BCUT2D eigenvalue weighted by atomic mass is 19.1. The third-order valence-electron chi connectivity index (χ3n) is 4.80. The first-order chi connectivity index (χ1) is 13.5. The SMILES string of the molecule is CC(C)(C)OC(=O)NC1Cc2ccc(F)cc21.O=C(O)C1Cc2ccc(F)cc21. The monoisotopic (exact) mass is 403 g/mol. The minimum Gasteiger partial charge on any atom is -0.481 e. The highest BCUT2D eigenvalue weighted by Gasteiger charge is 2.32. The van der Waals surface area contributed by atoms with Crippen molar-refractivity contribution in [2.24, 2.45) is 0 Å². The summed E-state index contributed by atoms with van der Waals surface area (Å²) < 4.78 is 30.8. The van der Waals surface area contributed by atoms with E-state index in [0.717, 1.165) is 23.1 Å². The second-order valence-corrected chi connectivity index (χ2v) is 8.18. The van der Waals surface area contributed by atoms with Crippen molar-refractivity contribution in [2.45, 2.75) is 51.2 Å². The zero-order chi connectivity index (χ0) is 21.3. The van der Waals surface area contributed by atoms with E-state index in [0.29, 0.717) is 12.0 Å². The molecule has 2 atom stereocenters. The molecule has 1 amide bonds. The predicted molar refractivity (Wildman–Crippen MR) is 103 cm³/mol. The molecule has 0 aromatic heterocycles. The number of aliphatic carboxylic acids is 1. The molecule has 2 aliphatic rings. The van der Waals surface area contributed by atoms with E-state index in [4.69, 9.17) is 9.84 Å². The van der Waals surface area contributed by atoms with Crippen LogP contribution in [0, 0.1) is 11.6 Å². The molecular weight excluding hydrogens is 380 g/mol. The zero-order valence-corrected chi connectivity index (χ0v) is 16.5. The van der Waals surface area contributed by atoms with Gasteiger partial charge in [0.15, 0.2) is 0 Å². The lowest BCUT2D eigenvalue weighted by Gasteiger charge is -2.31. The van der Waals surface area contributed by atoms with Crippen molar-refractivity contribution < 1.29 is 28.2 Å². The van der Waals surface area contributed by atoms with E-state index in [1.807, 2.05) is 0 Å². The van der Waals surface area contributed by atoms with Gasteiger partial charge in [-0.15, -0.1) is 0 Å². The van der Waals surface area contributed by atoms with Crippen molar-refractivity contribution in [1.29, 1.82) is 0 Å². The van der Waals surface area contributed by atoms with E-state index >= 15 is 0 Å². The van der Waals surface area contributed by atoms with Crippen LogP contribution in [0.3, 0.4) is 0 Å². The third kappa shape index (κ3) is 4.91. The highest BCUT2D eigenvalue weighted by Crippen LogP contribution is 2.35. The number of alkyl carbamates (subject to hydrolysis) is 1. The molecule has 0 bridgehead atoms. The number of ether oxygens (including phenoxy) is 1. The summed E-state index contributed by atoms with van der Waals surface area (Å²) in [6.45, 7) is 5.42. The fraction of sp³-hybridized carbons (Fsp3) is 0.364. The maximum Gasteiger partial charge on any atom is 0.408 e. The molecule has 7 heteroatoms. The van der Waals surface area contributed by atoms with Crippen molar-refractivity contribution in [3.05, 3.63) is 70.3 Å². The molecule has 2 aromatic carbocycles. The summed E-state index contributed by atoms with van der Waals surface area (Å²) in [7, 11) is 0. The summed E-state index contributed by atoms with van der Waals surface area (Å²) in [6, 6.07) is 8.82. The molecule has 0 heterocycles. The predicted octanol–water partition coefficient (Wildman–Crippen LogP) is 4.50. The number of amides is 1. The fourth-order valence-corrected chi connectivity index (χ4v) is 3.35. The van der Waals surface area contributed by atoms with Gasteiger partial charge in [0.05, 0.1) is 12.0 Å². The Kier molecular flexibility index (Phi) is 5.59. The molecule has 2 aromatic rings. The molecule has 0 saturated carbocycles. The second-order valence-electron chi connectivity index (χ2n) is 8.18. The fourth-order valence-electron chi connectivity index (χ4n) is 3.35. The number of carbonyl (C=O) groups is 2. The van der Waals surface area contributed by atoms with Gasteiger partial charge in [0.2, 0.25) is 0 Å². The van der Waals surface area contributed by atoms with Gasteiger partial charge < -0.3 is 15.2 Å². The summed E-state index contributed by atoms with van der Waals surface area (Å²) >= 11 is 0. The Labute approximate surface area is 167 Å². The number of nitrogens with one attached hydrogen (secondary N) is 1. The van der Waals surface area contributed by atoms with Crippen molar-refractivity contribution in [2.75, 3.05) is 0 Å². The molecule has 0 fully saturated rings. The molecule has 2 aliphatic carbocycles.